The van der Waals surface area contributed by atoms with Gasteiger partial charge in [0.15, 0.2) is 0 Å². The molecule has 1 amide bonds. The number of benzene rings is 2. The van der Waals surface area contributed by atoms with Gasteiger partial charge in [-0.3, -0.25) is 4.79 Å². The van der Waals surface area contributed by atoms with Crippen molar-refractivity contribution in [3.63, 3.8) is 0 Å². The highest BCUT2D eigenvalue weighted by molar-refractivity contribution is 7.89. The predicted octanol–water partition coefficient (Wildman–Crippen LogP) is 4.22. The van der Waals surface area contributed by atoms with Crippen LogP contribution in [-0.2, 0) is 10.0 Å². The third-order valence-electron chi connectivity index (χ3n) is 3.87. The van der Waals surface area contributed by atoms with E-state index < -0.39 is 22.5 Å². The van der Waals surface area contributed by atoms with Crippen LogP contribution in [0.3, 0.4) is 0 Å². The molecular weight excluding hydrogens is 414 g/mol. The van der Waals surface area contributed by atoms with Crippen molar-refractivity contribution in [3.8, 4) is 5.75 Å². The number of halogens is 3. The van der Waals surface area contributed by atoms with E-state index >= 15 is 0 Å². The molecular formula is C18H19ClF2N2O4S. The van der Waals surface area contributed by atoms with Gasteiger partial charge in [-0.05, 0) is 30.3 Å². The van der Waals surface area contributed by atoms with Crippen LogP contribution in [0.1, 0.15) is 24.2 Å². The molecule has 0 fully saturated rings. The maximum absolute atomic E-state index is 12.7. The first-order valence-electron chi connectivity index (χ1n) is 8.35. The van der Waals surface area contributed by atoms with E-state index in [9.17, 15) is 22.0 Å². The summed E-state index contributed by atoms with van der Waals surface area (Å²) in [5, 5.41) is 2.42. The first-order chi connectivity index (χ1) is 13.2. The molecule has 0 atom stereocenters. The number of rotatable bonds is 8. The average Bonchev–Trinajstić information content (AvgIpc) is 2.63. The van der Waals surface area contributed by atoms with Gasteiger partial charge in [0.05, 0.1) is 10.7 Å². The number of sulfonamides is 1. The van der Waals surface area contributed by atoms with Gasteiger partial charge in [0.25, 0.3) is 5.91 Å². The monoisotopic (exact) mass is 432 g/mol. The van der Waals surface area contributed by atoms with Gasteiger partial charge in [-0.25, -0.2) is 8.42 Å². The molecule has 0 aromatic heterocycles. The zero-order valence-corrected chi connectivity index (χ0v) is 16.7. The summed E-state index contributed by atoms with van der Waals surface area (Å²) >= 11 is 6.05. The van der Waals surface area contributed by atoms with Crippen molar-refractivity contribution < 1.29 is 26.7 Å². The van der Waals surface area contributed by atoms with Gasteiger partial charge in [0, 0.05) is 18.7 Å². The van der Waals surface area contributed by atoms with Gasteiger partial charge >= 0.3 is 6.61 Å². The minimum absolute atomic E-state index is 0.00183. The third-order valence-corrected chi connectivity index (χ3v) is 6.40. The summed E-state index contributed by atoms with van der Waals surface area (Å²) in [6.45, 7) is 0.796. The van der Waals surface area contributed by atoms with Gasteiger partial charge in [-0.15, -0.1) is 0 Å². The Morgan fingerprint density at radius 3 is 2.43 bits per heavy atom. The molecule has 2 aromatic carbocycles. The van der Waals surface area contributed by atoms with Crippen molar-refractivity contribution in [1.29, 1.82) is 0 Å². The van der Waals surface area contributed by atoms with E-state index in [2.05, 4.69) is 10.1 Å². The lowest BCUT2D eigenvalue weighted by Gasteiger charge is -2.19. The highest BCUT2D eigenvalue weighted by Gasteiger charge is 2.25. The normalized spacial score (nSPS) is 11.7. The van der Waals surface area contributed by atoms with E-state index in [4.69, 9.17) is 11.6 Å². The molecule has 6 nitrogen and oxygen atoms in total. The van der Waals surface area contributed by atoms with E-state index in [1.54, 1.807) is 13.8 Å². The highest BCUT2D eigenvalue weighted by atomic mass is 35.5. The van der Waals surface area contributed by atoms with Crippen LogP contribution in [0.5, 0.6) is 5.75 Å². The maximum Gasteiger partial charge on any atom is 0.387 e. The van der Waals surface area contributed by atoms with Crippen molar-refractivity contribution in [2.45, 2.75) is 25.4 Å². The van der Waals surface area contributed by atoms with Gasteiger partial charge in [-0.1, -0.05) is 37.6 Å². The second-order valence-electron chi connectivity index (χ2n) is 5.56. The zero-order valence-electron chi connectivity index (χ0n) is 15.2. The summed E-state index contributed by atoms with van der Waals surface area (Å²) in [6.07, 6.45) is 0. The van der Waals surface area contributed by atoms with Crippen LogP contribution in [0.25, 0.3) is 0 Å². The molecule has 0 heterocycles. The topological polar surface area (TPSA) is 75.7 Å². The van der Waals surface area contributed by atoms with Crippen LogP contribution in [-0.4, -0.2) is 38.3 Å². The first kappa shape index (κ1) is 22.1. The maximum atomic E-state index is 12.7. The second-order valence-corrected chi connectivity index (χ2v) is 7.88. The first-order valence-corrected chi connectivity index (χ1v) is 10.2. The Balaban J connectivity index is 2.36. The molecule has 10 heteroatoms. The summed E-state index contributed by atoms with van der Waals surface area (Å²) in [4.78, 5) is 12.3. The molecule has 0 spiro atoms. The third kappa shape index (κ3) is 4.98. The highest BCUT2D eigenvalue weighted by Crippen LogP contribution is 2.28. The van der Waals surface area contributed by atoms with Crippen LogP contribution in [0.2, 0.25) is 5.02 Å². The number of para-hydroxylation sites is 2. The second kappa shape index (κ2) is 9.31. The number of carbonyl (C=O) groups is 1. The van der Waals surface area contributed by atoms with E-state index in [1.807, 2.05) is 0 Å². The fourth-order valence-electron chi connectivity index (χ4n) is 2.51. The largest absolute Gasteiger partial charge is 0.433 e. The van der Waals surface area contributed by atoms with Crippen molar-refractivity contribution in [2.24, 2.45) is 0 Å². The summed E-state index contributed by atoms with van der Waals surface area (Å²) in [6, 6.07) is 9.47. The molecule has 0 aliphatic carbocycles. The number of amides is 1. The Bertz CT molecular complexity index is 950. The fraction of sp³-hybridized carbons (Fsp3) is 0.278. The molecule has 28 heavy (non-hydrogen) atoms. The minimum atomic E-state index is -3.89. The lowest BCUT2D eigenvalue weighted by Crippen LogP contribution is -2.31. The number of ether oxygens (including phenoxy) is 1. The van der Waals surface area contributed by atoms with E-state index in [0.29, 0.717) is 0 Å². The number of hydrogen-bond donors (Lipinski definition) is 1. The number of nitrogens with one attached hydrogen (secondary N) is 1. The minimum Gasteiger partial charge on any atom is -0.433 e. The lowest BCUT2D eigenvalue weighted by atomic mass is 10.2. The predicted molar refractivity (Wildman–Crippen MR) is 103 cm³/mol. The zero-order chi connectivity index (χ0) is 20.9. The van der Waals surface area contributed by atoms with Crippen LogP contribution >= 0.6 is 11.6 Å². The number of hydrogen-bond acceptors (Lipinski definition) is 4. The SMILES string of the molecule is CCN(CC)S(=O)(=O)c1cc(C(=O)Nc2ccccc2OC(F)F)ccc1Cl. The quantitative estimate of drug-likeness (QED) is 0.677. The Kier molecular flexibility index (Phi) is 7.34. The molecule has 0 radical (unpaired) electrons. The van der Waals surface area contributed by atoms with Crippen molar-refractivity contribution >= 4 is 33.2 Å². The summed E-state index contributed by atoms with van der Waals surface area (Å²) in [7, 11) is -3.89. The molecule has 152 valence electrons. The lowest BCUT2D eigenvalue weighted by molar-refractivity contribution is -0.0493. The van der Waals surface area contributed by atoms with Crippen LogP contribution in [0.15, 0.2) is 47.4 Å². The smallest absolute Gasteiger partial charge is 0.387 e. The van der Waals surface area contributed by atoms with Gasteiger partial charge < -0.3 is 10.1 Å². The molecule has 1 N–H and O–H groups in total. The number of alkyl halides is 2. The summed E-state index contributed by atoms with van der Waals surface area (Å²) in [5.41, 5.74) is 0.0258. The van der Waals surface area contributed by atoms with Gasteiger partial charge in [-0.2, -0.15) is 13.1 Å². The summed E-state index contributed by atoms with van der Waals surface area (Å²) in [5.74, 6) is -0.909. The Morgan fingerprint density at radius 1 is 1.18 bits per heavy atom. The van der Waals surface area contributed by atoms with Gasteiger partial charge in [0.1, 0.15) is 10.6 Å². The van der Waals surface area contributed by atoms with Crippen molar-refractivity contribution in [1.82, 2.24) is 4.31 Å². The van der Waals surface area contributed by atoms with Crippen LogP contribution in [0, 0.1) is 0 Å². The summed E-state index contributed by atoms with van der Waals surface area (Å²) < 4.78 is 56.1. The Labute approximate surface area is 167 Å². The van der Waals surface area contributed by atoms with Gasteiger partial charge in [0.2, 0.25) is 10.0 Å². The molecule has 2 aromatic rings. The van der Waals surface area contributed by atoms with E-state index in [1.165, 1.54) is 40.7 Å². The molecule has 0 bridgehead atoms. The molecule has 0 saturated heterocycles. The molecule has 0 saturated carbocycles. The number of carbonyl (C=O) groups excluding carboxylic acids is 1. The molecule has 0 unspecified atom stereocenters. The number of nitrogens with zero attached hydrogens (tertiary/aromatic N) is 1. The molecule has 0 aliphatic rings. The Morgan fingerprint density at radius 2 is 1.82 bits per heavy atom. The molecule has 2 rings (SSSR count). The van der Waals surface area contributed by atoms with E-state index in [0.717, 1.165) is 6.07 Å². The Hall–Kier alpha value is -2.23. The average molecular weight is 433 g/mol. The van der Waals surface area contributed by atoms with E-state index in [-0.39, 0.29) is 40.0 Å². The molecule has 0 aliphatic heterocycles. The standard InChI is InChI=1S/C18H19ClF2N2O4S/c1-3-23(4-2)28(25,26)16-11-12(9-10-13(16)19)17(24)22-14-7-5-6-8-15(14)27-18(20)21/h5-11,18H,3-4H2,1-2H3,(H,22,24). The van der Waals surface area contributed by atoms with Crippen molar-refractivity contribution in [3.05, 3.63) is 53.1 Å². The number of anilines is 1. The van der Waals surface area contributed by atoms with Crippen LogP contribution in [0.4, 0.5) is 14.5 Å². The fourth-order valence-corrected chi connectivity index (χ4v) is 4.47. The van der Waals surface area contributed by atoms with Crippen molar-refractivity contribution in [2.75, 3.05) is 18.4 Å². The van der Waals surface area contributed by atoms with Crippen LogP contribution < -0.4 is 10.1 Å².